The average molecular weight is 579 g/mol. The average Bonchev–Trinajstić information content (AvgIpc) is 2.80. The maximum absolute atomic E-state index is 11.0. The van der Waals surface area contributed by atoms with Crippen molar-refractivity contribution in [3.05, 3.63) is 81.9 Å². The van der Waals surface area contributed by atoms with Crippen LogP contribution >= 0.6 is 23.5 Å². The fraction of sp³-hybridized carbons (Fsp3) is 0.500. The van der Waals surface area contributed by atoms with E-state index in [9.17, 15) is 10.2 Å². The summed E-state index contributed by atoms with van der Waals surface area (Å²) in [5.41, 5.74) is 6.10. The van der Waals surface area contributed by atoms with Crippen LogP contribution in [0.2, 0.25) is 0 Å². The summed E-state index contributed by atoms with van der Waals surface area (Å²) in [4.78, 5) is 2.40. The number of thioether (sulfide) groups is 2. The van der Waals surface area contributed by atoms with Gasteiger partial charge in [0, 0.05) is 43.6 Å². The summed E-state index contributed by atoms with van der Waals surface area (Å²) in [6, 6.07) is 17.6. The molecule has 2 N–H and O–H groups in total. The van der Waals surface area contributed by atoms with E-state index in [2.05, 4.69) is 132 Å². The van der Waals surface area contributed by atoms with Crippen molar-refractivity contribution in [1.29, 1.82) is 0 Å². The predicted molar refractivity (Wildman–Crippen MR) is 177 cm³/mol. The van der Waals surface area contributed by atoms with Crippen molar-refractivity contribution in [3.63, 3.8) is 0 Å². The lowest BCUT2D eigenvalue weighted by Crippen LogP contribution is -2.17. The highest BCUT2D eigenvalue weighted by atomic mass is 32.2. The zero-order valence-electron chi connectivity index (χ0n) is 26.7. The molecule has 0 aliphatic rings. The number of aromatic hydroxyl groups is 2. The molecule has 218 valence electrons. The molecule has 3 aromatic carbocycles. The molecule has 0 aliphatic heterocycles. The maximum Gasteiger partial charge on any atom is 0.123 e. The van der Waals surface area contributed by atoms with Gasteiger partial charge in [-0.2, -0.15) is 0 Å². The van der Waals surface area contributed by atoms with Crippen molar-refractivity contribution in [3.8, 4) is 11.5 Å². The van der Waals surface area contributed by atoms with Gasteiger partial charge in [0.15, 0.2) is 0 Å². The van der Waals surface area contributed by atoms with Crippen LogP contribution in [0.1, 0.15) is 116 Å². The van der Waals surface area contributed by atoms with Crippen LogP contribution in [0, 0.1) is 0 Å². The summed E-state index contributed by atoms with van der Waals surface area (Å²) >= 11 is 3.66. The molecule has 2 nitrogen and oxygen atoms in total. The minimum atomic E-state index is -0.126. The quantitative estimate of drug-likeness (QED) is 0.285. The number of phenolic OH excluding ortho intramolecular Hbond substituents is 2. The van der Waals surface area contributed by atoms with E-state index in [1.165, 1.54) is 20.9 Å². The predicted octanol–water partition coefficient (Wildman–Crippen LogP) is 10.9. The van der Waals surface area contributed by atoms with Crippen LogP contribution in [-0.4, -0.2) is 10.2 Å². The first-order valence-electron chi connectivity index (χ1n) is 14.3. The Morgan fingerprint density at radius 3 is 0.875 bits per heavy atom. The Kier molecular flexibility index (Phi) is 9.48. The first-order valence-corrected chi connectivity index (χ1v) is 16.2. The van der Waals surface area contributed by atoms with E-state index < -0.39 is 0 Å². The van der Waals surface area contributed by atoms with Crippen LogP contribution in [0.5, 0.6) is 11.5 Å². The van der Waals surface area contributed by atoms with Crippen molar-refractivity contribution in [2.75, 3.05) is 0 Å². The third-order valence-corrected chi connectivity index (χ3v) is 9.33. The minimum Gasteiger partial charge on any atom is -0.507 e. The van der Waals surface area contributed by atoms with Crippen LogP contribution in [0.25, 0.3) is 0 Å². The van der Waals surface area contributed by atoms with Gasteiger partial charge >= 0.3 is 0 Å². The lowest BCUT2D eigenvalue weighted by Gasteiger charge is -2.28. The molecule has 0 spiro atoms. The van der Waals surface area contributed by atoms with Crippen molar-refractivity contribution < 1.29 is 10.2 Å². The standard InChI is InChI=1S/C36H50O2S2/c1-33(2,3)27-17-25(18-28(31(27)37)34(4,5)6)39-21-23-13-15-24(16-14-23)22-40-26-19-29(35(7,8)9)32(38)30(20-26)36(10,11)12/h13-20,37-38H,21-22H2,1-12H3. The number of benzene rings is 3. The monoisotopic (exact) mass is 578 g/mol. The van der Waals surface area contributed by atoms with Crippen LogP contribution < -0.4 is 0 Å². The van der Waals surface area contributed by atoms with Crippen molar-refractivity contribution in [2.24, 2.45) is 0 Å². The third kappa shape index (κ3) is 8.03. The number of hydrogen-bond acceptors (Lipinski definition) is 4. The van der Waals surface area contributed by atoms with Crippen molar-refractivity contribution >= 4 is 23.5 Å². The fourth-order valence-corrected chi connectivity index (χ4v) is 6.59. The van der Waals surface area contributed by atoms with Crippen molar-refractivity contribution in [1.82, 2.24) is 0 Å². The molecular formula is C36H50O2S2. The molecule has 0 saturated heterocycles. The molecular weight excluding hydrogens is 529 g/mol. The van der Waals surface area contributed by atoms with E-state index in [1.54, 1.807) is 0 Å². The molecule has 3 rings (SSSR count). The Morgan fingerprint density at radius 1 is 0.450 bits per heavy atom. The lowest BCUT2D eigenvalue weighted by molar-refractivity contribution is 0.421. The SMILES string of the molecule is CC(C)(C)c1cc(SCc2ccc(CSc3cc(C(C)(C)C)c(O)c(C(C)(C)C)c3)cc2)cc(C(C)(C)C)c1O. The zero-order valence-corrected chi connectivity index (χ0v) is 28.4. The fourth-order valence-electron chi connectivity index (χ4n) is 4.73. The highest BCUT2D eigenvalue weighted by Crippen LogP contribution is 2.43. The molecule has 0 saturated carbocycles. The van der Waals surface area contributed by atoms with Gasteiger partial charge in [-0.15, -0.1) is 23.5 Å². The highest BCUT2D eigenvalue weighted by Gasteiger charge is 2.28. The van der Waals surface area contributed by atoms with Crippen molar-refractivity contribution in [2.45, 2.75) is 126 Å². The molecule has 0 aliphatic carbocycles. The zero-order chi connectivity index (χ0) is 30.3. The molecule has 0 amide bonds. The smallest absolute Gasteiger partial charge is 0.123 e. The van der Waals surface area contributed by atoms with Crippen LogP contribution in [0.3, 0.4) is 0 Å². The summed E-state index contributed by atoms with van der Waals surface area (Å²) in [6.45, 7) is 25.9. The highest BCUT2D eigenvalue weighted by molar-refractivity contribution is 7.98. The van der Waals surface area contributed by atoms with Gasteiger partial charge in [-0.05, 0) is 57.1 Å². The maximum atomic E-state index is 11.0. The van der Waals surface area contributed by atoms with E-state index in [-0.39, 0.29) is 21.7 Å². The van der Waals surface area contributed by atoms with Gasteiger partial charge in [0.05, 0.1) is 0 Å². The third-order valence-electron chi connectivity index (χ3n) is 7.23. The number of rotatable bonds is 6. The van der Waals surface area contributed by atoms with Gasteiger partial charge in [0.25, 0.3) is 0 Å². The Balaban J connectivity index is 1.76. The lowest BCUT2D eigenvalue weighted by atomic mass is 9.79. The number of hydrogen-bond donors (Lipinski definition) is 2. The molecule has 0 radical (unpaired) electrons. The van der Waals surface area contributed by atoms with Gasteiger partial charge in [0.1, 0.15) is 11.5 Å². The molecule has 40 heavy (non-hydrogen) atoms. The van der Waals surface area contributed by atoms with Gasteiger partial charge in [-0.25, -0.2) is 0 Å². The Labute approximate surface area is 252 Å². The van der Waals surface area contributed by atoms with Gasteiger partial charge in [-0.3, -0.25) is 0 Å². The summed E-state index contributed by atoms with van der Waals surface area (Å²) in [6.07, 6.45) is 0. The summed E-state index contributed by atoms with van der Waals surface area (Å²) in [7, 11) is 0. The summed E-state index contributed by atoms with van der Waals surface area (Å²) in [5, 5.41) is 22.1. The van der Waals surface area contributed by atoms with E-state index in [1.807, 2.05) is 23.5 Å². The topological polar surface area (TPSA) is 40.5 Å². The second-order valence-electron chi connectivity index (χ2n) is 15.1. The Morgan fingerprint density at radius 2 is 0.675 bits per heavy atom. The molecule has 0 unspecified atom stereocenters. The Hall–Kier alpha value is -2.04. The van der Waals surface area contributed by atoms with E-state index in [0.29, 0.717) is 11.5 Å². The summed E-state index contributed by atoms with van der Waals surface area (Å²) in [5.74, 6) is 2.63. The molecule has 0 bridgehead atoms. The molecule has 0 atom stereocenters. The van der Waals surface area contributed by atoms with E-state index in [0.717, 1.165) is 33.8 Å². The Bertz CT molecular complexity index is 1150. The molecule has 0 aromatic heterocycles. The minimum absolute atomic E-state index is 0.126. The molecule has 0 heterocycles. The van der Waals surface area contributed by atoms with E-state index in [4.69, 9.17) is 0 Å². The van der Waals surface area contributed by atoms with E-state index >= 15 is 0 Å². The largest absolute Gasteiger partial charge is 0.507 e. The second kappa shape index (κ2) is 11.7. The molecule has 4 heteroatoms. The second-order valence-corrected chi connectivity index (χ2v) is 17.2. The van der Waals surface area contributed by atoms with Gasteiger partial charge < -0.3 is 10.2 Å². The van der Waals surface area contributed by atoms with Gasteiger partial charge in [-0.1, -0.05) is 107 Å². The number of phenols is 2. The van der Waals surface area contributed by atoms with Crippen LogP contribution in [-0.2, 0) is 33.2 Å². The molecule has 0 fully saturated rings. The first kappa shape index (κ1) is 32.5. The van der Waals surface area contributed by atoms with Crippen LogP contribution in [0.15, 0.2) is 58.3 Å². The molecule has 3 aromatic rings. The first-order chi connectivity index (χ1) is 18.2. The van der Waals surface area contributed by atoms with Gasteiger partial charge in [0.2, 0.25) is 0 Å². The normalized spacial score (nSPS) is 13.1. The summed E-state index contributed by atoms with van der Waals surface area (Å²) < 4.78 is 0. The van der Waals surface area contributed by atoms with Crippen LogP contribution in [0.4, 0.5) is 0 Å².